The largest absolute Gasteiger partial charge is 0.452 e. The number of para-hydroxylation sites is 1. The van der Waals surface area contributed by atoms with Gasteiger partial charge in [-0.2, -0.15) is 5.26 Å². The van der Waals surface area contributed by atoms with Crippen LogP contribution in [-0.4, -0.2) is 46.2 Å². The van der Waals surface area contributed by atoms with Gasteiger partial charge in [-0.15, -0.1) is 0 Å². The molecule has 0 bridgehead atoms. The summed E-state index contributed by atoms with van der Waals surface area (Å²) in [5, 5.41) is 12.2. The number of aromatic nitrogens is 2. The molecule has 3 rings (SSSR count). The normalized spacial score (nSPS) is 10.3. The van der Waals surface area contributed by atoms with Crippen LogP contribution >= 0.6 is 11.8 Å². The number of rotatable bonds is 10. The molecule has 1 aromatic heterocycles. The summed E-state index contributed by atoms with van der Waals surface area (Å²) in [6.07, 6.45) is 3.44. The molecule has 0 aliphatic rings. The number of hydrogen-bond donors (Lipinski definition) is 1. The number of carbonyl (C=O) groups excluding carboxylic acids is 3. The summed E-state index contributed by atoms with van der Waals surface area (Å²) in [6, 6.07) is 13.4. The number of benzene rings is 2. The van der Waals surface area contributed by atoms with Gasteiger partial charge in [0.05, 0.1) is 29.5 Å². The van der Waals surface area contributed by atoms with Crippen LogP contribution in [0.15, 0.2) is 66.1 Å². The molecule has 0 radical (unpaired) electrons. The summed E-state index contributed by atoms with van der Waals surface area (Å²) < 4.78 is 20.2. The number of nitrogens with zero attached hydrogens (tertiary/aromatic N) is 4. The first kappa shape index (κ1) is 25.5. The van der Waals surface area contributed by atoms with Gasteiger partial charge < -0.3 is 19.5 Å². The molecule has 3 aromatic rings. The fraction of sp³-hybridized carbons (Fsp3) is 0.208. The fourth-order valence-corrected chi connectivity index (χ4v) is 3.77. The summed E-state index contributed by atoms with van der Waals surface area (Å²) in [5.74, 6) is -2.10. The van der Waals surface area contributed by atoms with Crippen molar-refractivity contribution in [2.75, 3.05) is 29.1 Å². The van der Waals surface area contributed by atoms with Gasteiger partial charge in [0.25, 0.3) is 5.91 Å². The first-order valence-corrected chi connectivity index (χ1v) is 11.5. The van der Waals surface area contributed by atoms with E-state index in [9.17, 15) is 18.8 Å². The molecule has 1 N–H and O–H groups in total. The molecule has 180 valence electrons. The fourth-order valence-electron chi connectivity index (χ4n) is 3.04. The van der Waals surface area contributed by atoms with Gasteiger partial charge in [-0.25, -0.2) is 14.2 Å². The number of halogens is 1. The molecule has 35 heavy (non-hydrogen) atoms. The van der Waals surface area contributed by atoms with Crippen LogP contribution in [0.5, 0.6) is 0 Å². The smallest absolute Gasteiger partial charge is 0.340 e. The van der Waals surface area contributed by atoms with Crippen molar-refractivity contribution in [3.8, 4) is 6.07 Å². The number of nitrogens with one attached hydrogen (secondary N) is 1. The SMILES string of the molecule is Cn1ccnc1SCC(=O)Nc1ccccc1C(=O)OCC(=O)N(CCC#N)c1ccc(F)cc1. The van der Waals surface area contributed by atoms with Crippen molar-refractivity contribution in [2.24, 2.45) is 7.05 Å². The standard InChI is InChI=1S/C24H22FN5O4S/c1-29-14-12-27-24(29)35-16-21(31)28-20-6-3-2-5-19(20)23(33)34-15-22(32)30(13-4-11-26)18-9-7-17(25)8-10-18/h2-3,5-10,12,14H,4,13,15-16H2,1H3,(H,28,31). The summed E-state index contributed by atoms with van der Waals surface area (Å²) in [7, 11) is 1.82. The number of carbonyl (C=O) groups is 3. The van der Waals surface area contributed by atoms with E-state index in [1.807, 2.05) is 13.1 Å². The van der Waals surface area contributed by atoms with Gasteiger partial charge in [-0.1, -0.05) is 23.9 Å². The molecule has 0 unspecified atom stereocenters. The third kappa shape index (κ3) is 7.15. The van der Waals surface area contributed by atoms with Crippen LogP contribution in [0.3, 0.4) is 0 Å². The third-order valence-corrected chi connectivity index (χ3v) is 5.80. The van der Waals surface area contributed by atoms with E-state index in [4.69, 9.17) is 10.00 Å². The van der Waals surface area contributed by atoms with E-state index in [1.54, 1.807) is 35.2 Å². The maximum atomic E-state index is 13.2. The molecule has 0 saturated carbocycles. The second-order valence-corrected chi connectivity index (χ2v) is 8.15. The Hall–Kier alpha value is -4.17. The number of nitriles is 1. The van der Waals surface area contributed by atoms with Crippen LogP contribution in [0.25, 0.3) is 0 Å². The average Bonchev–Trinajstić information content (AvgIpc) is 3.27. The van der Waals surface area contributed by atoms with Crippen molar-refractivity contribution < 1.29 is 23.5 Å². The highest BCUT2D eigenvalue weighted by Crippen LogP contribution is 2.20. The third-order valence-electron chi connectivity index (χ3n) is 4.74. The minimum atomic E-state index is -0.801. The van der Waals surface area contributed by atoms with Crippen molar-refractivity contribution in [1.29, 1.82) is 5.26 Å². The van der Waals surface area contributed by atoms with E-state index in [0.29, 0.717) is 10.8 Å². The number of thioether (sulfide) groups is 1. The van der Waals surface area contributed by atoms with Crippen molar-refractivity contribution in [3.63, 3.8) is 0 Å². The van der Waals surface area contributed by atoms with Gasteiger partial charge in [-0.3, -0.25) is 9.59 Å². The van der Waals surface area contributed by atoms with Gasteiger partial charge in [0.1, 0.15) is 5.82 Å². The highest BCUT2D eigenvalue weighted by Gasteiger charge is 2.20. The number of hydrogen-bond acceptors (Lipinski definition) is 7. The molecule has 1 heterocycles. The highest BCUT2D eigenvalue weighted by molar-refractivity contribution is 7.99. The van der Waals surface area contributed by atoms with E-state index in [2.05, 4.69) is 10.3 Å². The predicted molar refractivity (Wildman–Crippen MR) is 128 cm³/mol. The first-order valence-electron chi connectivity index (χ1n) is 10.5. The Morgan fingerprint density at radius 1 is 1.20 bits per heavy atom. The van der Waals surface area contributed by atoms with E-state index < -0.39 is 24.3 Å². The van der Waals surface area contributed by atoms with Crippen LogP contribution < -0.4 is 10.2 Å². The molecule has 0 spiro atoms. The van der Waals surface area contributed by atoms with Crippen LogP contribution in [0, 0.1) is 17.1 Å². The summed E-state index contributed by atoms with van der Waals surface area (Å²) in [4.78, 5) is 43.2. The number of aryl methyl sites for hydroxylation is 1. The van der Waals surface area contributed by atoms with E-state index in [-0.39, 0.29) is 35.9 Å². The summed E-state index contributed by atoms with van der Waals surface area (Å²) in [6.45, 7) is -0.544. The van der Waals surface area contributed by atoms with Crippen molar-refractivity contribution in [2.45, 2.75) is 11.6 Å². The highest BCUT2D eigenvalue weighted by atomic mass is 32.2. The van der Waals surface area contributed by atoms with Crippen LogP contribution in [0.2, 0.25) is 0 Å². The molecular weight excluding hydrogens is 473 g/mol. The van der Waals surface area contributed by atoms with E-state index in [0.717, 1.165) is 0 Å². The number of anilines is 2. The molecule has 2 amide bonds. The zero-order chi connectivity index (χ0) is 25.2. The Labute approximate surface area is 205 Å². The van der Waals surface area contributed by atoms with Crippen LogP contribution in [0.1, 0.15) is 16.8 Å². The number of ether oxygens (including phenoxy) is 1. The lowest BCUT2D eigenvalue weighted by atomic mass is 10.2. The second kappa shape index (κ2) is 12.3. The molecule has 9 nitrogen and oxygen atoms in total. The molecule has 11 heteroatoms. The van der Waals surface area contributed by atoms with E-state index >= 15 is 0 Å². The molecular formula is C24H22FN5O4S. The average molecular weight is 496 g/mol. The van der Waals surface area contributed by atoms with Crippen molar-refractivity contribution >= 4 is 40.9 Å². The van der Waals surface area contributed by atoms with Gasteiger partial charge in [0, 0.05) is 31.7 Å². The zero-order valence-corrected chi connectivity index (χ0v) is 19.6. The predicted octanol–water partition coefficient (Wildman–Crippen LogP) is 3.39. The van der Waals surface area contributed by atoms with Crippen LogP contribution in [0.4, 0.5) is 15.8 Å². The minimum absolute atomic E-state index is 0.0439. The topological polar surface area (TPSA) is 117 Å². The number of amides is 2. The van der Waals surface area contributed by atoms with Crippen LogP contribution in [-0.2, 0) is 21.4 Å². The Kier molecular flexibility index (Phi) is 8.97. The van der Waals surface area contributed by atoms with Gasteiger partial charge in [0.15, 0.2) is 11.8 Å². The maximum absolute atomic E-state index is 13.2. The monoisotopic (exact) mass is 495 g/mol. The molecule has 0 atom stereocenters. The number of imidazole rings is 1. The minimum Gasteiger partial charge on any atom is -0.452 e. The van der Waals surface area contributed by atoms with Gasteiger partial charge in [-0.05, 0) is 36.4 Å². The number of esters is 1. The van der Waals surface area contributed by atoms with E-state index in [1.165, 1.54) is 47.0 Å². The zero-order valence-electron chi connectivity index (χ0n) is 18.8. The molecule has 0 fully saturated rings. The molecule has 0 aliphatic carbocycles. The Morgan fingerprint density at radius 3 is 2.63 bits per heavy atom. The lowest BCUT2D eigenvalue weighted by molar-refractivity contribution is -0.121. The van der Waals surface area contributed by atoms with Crippen molar-refractivity contribution in [3.05, 3.63) is 72.3 Å². The van der Waals surface area contributed by atoms with Crippen molar-refractivity contribution in [1.82, 2.24) is 9.55 Å². The first-order chi connectivity index (χ1) is 16.9. The lowest BCUT2D eigenvalue weighted by Gasteiger charge is -2.21. The molecule has 0 saturated heterocycles. The Morgan fingerprint density at radius 2 is 1.94 bits per heavy atom. The van der Waals surface area contributed by atoms with Gasteiger partial charge >= 0.3 is 5.97 Å². The second-order valence-electron chi connectivity index (χ2n) is 7.21. The Balaban J connectivity index is 1.62. The molecule has 2 aromatic carbocycles. The summed E-state index contributed by atoms with van der Waals surface area (Å²) in [5.41, 5.74) is 0.705. The Bertz CT molecular complexity index is 1240. The summed E-state index contributed by atoms with van der Waals surface area (Å²) >= 11 is 1.24. The quantitative estimate of drug-likeness (QED) is 0.338. The maximum Gasteiger partial charge on any atom is 0.340 e. The van der Waals surface area contributed by atoms with Gasteiger partial charge in [0.2, 0.25) is 5.91 Å². The lowest BCUT2D eigenvalue weighted by Crippen LogP contribution is -2.35. The molecule has 0 aliphatic heterocycles.